The third kappa shape index (κ3) is 4.07. The fourth-order valence-corrected chi connectivity index (χ4v) is 5.93. The molecule has 142 valence electrons. The van der Waals surface area contributed by atoms with E-state index in [-0.39, 0.29) is 0 Å². The van der Waals surface area contributed by atoms with Crippen LogP contribution in [0.5, 0.6) is 0 Å². The molecule has 0 saturated carbocycles. The first-order valence-electron chi connectivity index (χ1n) is 9.68. The minimum Gasteiger partial charge on any atom is -0.478 e. The first kappa shape index (κ1) is 18.6. The molecule has 28 heavy (non-hydrogen) atoms. The molecule has 1 saturated heterocycles. The summed E-state index contributed by atoms with van der Waals surface area (Å²) >= 11 is 0. The highest BCUT2D eigenvalue weighted by Crippen LogP contribution is 2.35. The van der Waals surface area contributed by atoms with E-state index >= 15 is 0 Å². The van der Waals surface area contributed by atoms with E-state index in [1.807, 2.05) is 30.3 Å². The average molecular weight is 391 g/mol. The molecule has 0 spiro atoms. The monoisotopic (exact) mass is 390 g/mol. The number of carboxylic acids is 1. The van der Waals surface area contributed by atoms with Crippen molar-refractivity contribution in [2.24, 2.45) is 0 Å². The second-order valence-corrected chi connectivity index (χ2v) is 9.25. The summed E-state index contributed by atoms with van der Waals surface area (Å²) in [6.45, 7) is 0. The van der Waals surface area contributed by atoms with Crippen LogP contribution in [-0.2, 0) is 10.9 Å². The van der Waals surface area contributed by atoms with Crippen molar-refractivity contribution in [2.45, 2.75) is 24.2 Å². The smallest absolute Gasteiger partial charge is 0.335 e. The Kier molecular flexibility index (Phi) is 5.68. The average Bonchev–Trinajstić information content (AvgIpc) is 2.76. The Morgan fingerprint density at radius 3 is 1.82 bits per heavy atom. The van der Waals surface area contributed by atoms with Crippen LogP contribution in [0.1, 0.15) is 29.6 Å². The van der Waals surface area contributed by atoms with Gasteiger partial charge in [-0.15, -0.1) is 0 Å². The molecular formula is C24H24NO2S+. The van der Waals surface area contributed by atoms with E-state index < -0.39 is 5.97 Å². The lowest BCUT2D eigenvalue weighted by molar-refractivity contribution is 0.0697. The van der Waals surface area contributed by atoms with Gasteiger partial charge in [-0.1, -0.05) is 18.2 Å². The van der Waals surface area contributed by atoms with E-state index in [2.05, 4.69) is 41.3 Å². The molecule has 1 aliphatic rings. The van der Waals surface area contributed by atoms with Crippen molar-refractivity contribution in [3.8, 4) is 0 Å². The van der Waals surface area contributed by atoms with Crippen LogP contribution in [0.4, 0.5) is 17.1 Å². The predicted molar refractivity (Wildman–Crippen MR) is 117 cm³/mol. The molecule has 3 aromatic carbocycles. The lowest BCUT2D eigenvalue weighted by Gasteiger charge is -2.25. The molecule has 0 unspecified atom stereocenters. The number of nitrogens with zero attached hydrogens (tertiary/aromatic N) is 1. The van der Waals surface area contributed by atoms with Crippen LogP contribution < -0.4 is 4.90 Å². The van der Waals surface area contributed by atoms with E-state index in [0.29, 0.717) is 16.5 Å². The van der Waals surface area contributed by atoms with Crippen LogP contribution in [0.15, 0.2) is 83.8 Å². The van der Waals surface area contributed by atoms with Gasteiger partial charge in [0.25, 0.3) is 0 Å². The Morgan fingerprint density at radius 1 is 0.714 bits per heavy atom. The van der Waals surface area contributed by atoms with Crippen molar-refractivity contribution in [2.75, 3.05) is 16.4 Å². The first-order valence-corrected chi connectivity index (χ1v) is 11.2. The molecule has 0 aliphatic carbocycles. The molecule has 4 rings (SSSR count). The van der Waals surface area contributed by atoms with Gasteiger partial charge in [-0.3, -0.25) is 0 Å². The van der Waals surface area contributed by atoms with Crippen LogP contribution in [0.2, 0.25) is 0 Å². The van der Waals surface area contributed by atoms with Crippen molar-refractivity contribution in [3.05, 3.63) is 84.4 Å². The molecule has 0 amide bonds. The largest absolute Gasteiger partial charge is 0.478 e. The number of rotatable bonds is 5. The zero-order valence-corrected chi connectivity index (χ0v) is 16.6. The fraction of sp³-hybridized carbons (Fsp3) is 0.208. The van der Waals surface area contributed by atoms with Gasteiger partial charge in [-0.2, -0.15) is 0 Å². The molecule has 3 aromatic rings. The number of carbonyl (C=O) groups is 1. The summed E-state index contributed by atoms with van der Waals surface area (Å²) in [4.78, 5) is 14.8. The van der Waals surface area contributed by atoms with Crippen molar-refractivity contribution in [1.29, 1.82) is 0 Å². The summed E-state index contributed by atoms with van der Waals surface area (Å²) in [5.41, 5.74) is 3.38. The summed E-state index contributed by atoms with van der Waals surface area (Å²) in [7, 11) is 0.389. The van der Waals surface area contributed by atoms with Crippen molar-refractivity contribution in [1.82, 2.24) is 0 Å². The lowest BCUT2D eigenvalue weighted by atomic mass is 10.1. The summed E-state index contributed by atoms with van der Waals surface area (Å²) in [6, 6.07) is 26.2. The fourth-order valence-electron chi connectivity index (χ4n) is 3.63. The third-order valence-corrected chi connectivity index (χ3v) is 7.60. The molecule has 1 aliphatic heterocycles. The molecule has 1 fully saturated rings. The summed E-state index contributed by atoms with van der Waals surface area (Å²) in [5.74, 6) is 1.73. The number of benzene rings is 3. The van der Waals surface area contributed by atoms with Crippen LogP contribution in [-0.4, -0.2) is 22.6 Å². The number of hydrogen-bond acceptors (Lipinski definition) is 2. The lowest BCUT2D eigenvalue weighted by Crippen LogP contribution is -2.17. The minimum atomic E-state index is -0.907. The Hall–Kier alpha value is -2.72. The maximum absolute atomic E-state index is 11.2. The standard InChI is InChI=1S/C24H23NO2S/c26-24(27)19-9-11-21(12-10-19)25(20-7-3-1-4-8-20)22-13-15-23(16-14-22)28-17-5-2-6-18-28/h1,3-4,7-16H,2,5-6,17-18H2/p+1. The van der Waals surface area contributed by atoms with Crippen LogP contribution in [0.3, 0.4) is 0 Å². The molecule has 1 N–H and O–H groups in total. The SMILES string of the molecule is O=C(O)c1ccc(N(c2ccccc2)c2ccc([S+]3CCCCC3)cc2)cc1. The zero-order chi connectivity index (χ0) is 19.3. The van der Waals surface area contributed by atoms with Gasteiger partial charge in [0, 0.05) is 28.0 Å². The number of carboxylic acid groups (broad SMARTS) is 1. The van der Waals surface area contributed by atoms with E-state index in [4.69, 9.17) is 0 Å². The summed E-state index contributed by atoms with van der Waals surface area (Å²) < 4.78 is 0. The quantitative estimate of drug-likeness (QED) is 0.542. The van der Waals surface area contributed by atoms with Crippen molar-refractivity contribution in [3.63, 3.8) is 0 Å². The third-order valence-electron chi connectivity index (χ3n) is 5.10. The van der Waals surface area contributed by atoms with Crippen LogP contribution in [0.25, 0.3) is 0 Å². The number of hydrogen-bond donors (Lipinski definition) is 1. The van der Waals surface area contributed by atoms with Gasteiger partial charge in [0.15, 0.2) is 4.90 Å². The number of para-hydroxylation sites is 1. The van der Waals surface area contributed by atoms with E-state index in [0.717, 1.165) is 17.1 Å². The molecule has 0 bridgehead atoms. The van der Waals surface area contributed by atoms with Gasteiger partial charge in [-0.25, -0.2) is 4.79 Å². The van der Waals surface area contributed by atoms with Crippen LogP contribution in [0, 0.1) is 0 Å². The predicted octanol–water partition coefficient (Wildman–Crippen LogP) is 6.02. The number of aromatic carboxylic acids is 1. The normalized spacial score (nSPS) is 14.6. The first-order chi connectivity index (χ1) is 13.7. The van der Waals surface area contributed by atoms with E-state index in [9.17, 15) is 9.90 Å². The van der Waals surface area contributed by atoms with Gasteiger partial charge in [-0.05, 0) is 79.9 Å². The van der Waals surface area contributed by atoms with Gasteiger partial charge in [0.2, 0.25) is 0 Å². The highest BCUT2D eigenvalue weighted by molar-refractivity contribution is 7.96. The Morgan fingerprint density at radius 2 is 1.25 bits per heavy atom. The van der Waals surface area contributed by atoms with E-state index in [1.54, 1.807) is 12.1 Å². The highest BCUT2D eigenvalue weighted by Gasteiger charge is 2.25. The van der Waals surface area contributed by atoms with Crippen LogP contribution >= 0.6 is 0 Å². The van der Waals surface area contributed by atoms with Gasteiger partial charge >= 0.3 is 5.97 Å². The topological polar surface area (TPSA) is 40.5 Å². The molecule has 0 aromatic heterocycles. The molecule has 1 heterocycles. The highest BCUT2D eigenvalue weighted by atomic mass is 32.2. The Bertz CT molecular complexity index is 917. The van der Waals surface area contributed by atoms with Crippen molar-refractivity contribution < 1.29 is 9.90 Å². The van der Waals surface area contributed by atoms with E-state index in [1.165, 1.54) is 35.7 Å². The maximum atomic E-state index is 11.2. The summed E-state index contributed by atoms with van der Waals surface area (Å²) in [5, 5.41) is 9.19. The second-order valence-electron chi connectivity index (χ2n) is 6.98. The van der Waals surface area contributed by atoms with Gasteiger partial charge < -0.3 is 10.0 Å². The number of anilines is 3. The maximum Gasteiger partial charge on any atom is 0.335 e. The van der Waals surface area contributed by atoms with Gasteiger partial charge in [0.1, 0.15) is 11.5 Å². The second kappa shape index (κ2) is 8.53. The minimum absolute atomic E-state index is 0.297. The molecule has 0 radical (unpaired) electrons. The van der Waals surface area contributed by atoms with Crippen molar-refractivity contribution >= 4 is 33.9 Å². The molecule has 0 atom stereocenters. The van der Waals surface area contributed by atoms with Gasteiger partial charge in [0.05, 0.1) is 5.56 Å². The molecule has 4 heteroatoms. The Labute approximate surface area is 169 Å². The molecule has 3 nitrogen and oxygen atoms in total. The Balaban J connectivity index is 1.68. The zero-order valence-electron chi connectivity index (χ0n) is 15.8. The molecular weight excluding hydrogens is 366 g/mol. The summed E-state index contributed by atoms with van der Waals surface area (Å²) in [6.07, 6.45) is 4.06.